The minimum Gasteiger partial charge on any atom is -0.496 e. The monoisotopic (exact) mass is 343 g/mol. The number of methoxy groups -OCH3 is 2. The van der Waals surface area contributed by atoms with Crippen LogP contribution in [0.15, 0.2) is 16.6 Å². The van der Waals surface area contributed by atoms with E-state index in [4.69, 9.17) is 9.47 Å². The van der Waals surface area contributed by atoms with Crippen molar-refractivity contribution in [2.45, 2.75) is 31.9 Å². The van der Waals surface area contributed by atoms with Gasteiger partial charge in [0.1, 0.15) is 11.5 Å². The Morgan fingerprint density at radius 3 is 2.60 bits per heavy atom. The topological polar surface area (TPSA) is 41.9 Å². The summed E-state index contributed by atoms with van der Waals surface area (Å²) in [6.45, 7) is 4.34. The molecule has 0 amide bonds. The van der Waals surface area contributed by atoms with Gasteiger partial charge in [-0.2, -0.15) is 0 Å². The van der Waals surface area contributed by atoms with Crippen molar-refractivity contribution in [3.8, 4) is 11.5 Å². The number of piperidine rings is 1. The Morgan fingerprint density at radius 2 is 2.00 bits per heavy atom. The quantitative estimate of drug-likeness (QED) is 0.912. The largest absolute Gasteiger partial charge is 0.496 e. The van der Waals surface area contributed by atoms with E-state index in [1.165, 1.54) is 0 Å². The van der Waals surface area contributed by atoms with Crippen LogP contribution in [0.2, 0.25) is 0 Å². The third-order valence-corrected chi connectivity index (χ3v) is 4.32. The molecule has 20 heavy (non-hydrogen) atoms. The van der Waals surface area contributed by atoms with Crippen LogP contribution in [0.1, 0.15) is 25.3 Å². The van der Waals surface area contributed by atoms with Gasteiger partial charge >= 0.3 is 0 Å². The van der Waals surface area contributed by atoms with Gasteiger partial charge in [0, 0.05) is 18.7 Å². The highest BCUT2D eigenvalue weighted by atomic mass is 79.9. The molecule has 4 nitrogen and oxygen atoms in total. The number of hydrogen-bond donors (Lipinski definition) is 1. The summed E-state index contributed by atoms with van der Waals surface area (Å²) >= 11 is 3.47. The molecule has 0 radical (unpaired) electrons. The number of nitrogens with zero attached hydrogens (tertiary/aromatic N) is 1. The van der Waals surface area contributed by atoms with Crippen molar-refractivity contribution in [3.05, 3.63) is 22.2 Å². The summed E-state index contributed by atoms with van der Waals surface area (Å²) < 4.78 is 11.7. The minimum absolute atomic E-state index is 0.592. The SMILES string of the molecule is COc1cc(CN2CCCC(C)(O)C2)c(OC)cc1Br. The first kappa shape index (κ1) is 15.6. The normalized spacial score (nSPS) is 23.6. The highest BCUT2D eigenvalue weighted by molar-refractivity contribution is 9.10. The van der Waals surface area contributed by atoms with Crippen molar-refractivity contribution in [2.24, 2.45) is 0 Å². The molecule has 1 saturated heterocycles. The Kier molecular flexibility index (Phi) is 4.94. The van der Waals surface area contributed by atoms with Crippen molar-refractivity contribution in [1.82, 2.24) is 4.90 Å². The van der Waals surface area contributed by atoms with Crippen molar-refractivity contribution < 1.29 is 14.6 Å². The van der Waals surface area contributed by atoms with Crippen LogP contribution in [0, 0.1) is 0 Å². The van der Waals surface area contributed by atoms with Crippen molar-refractivity contribution in [1.29, 1.82) is 0 Å². The molecule has 1 aromatic carbocycles. The summed E-state index contributed by atoms with van der Waals surface area (Å²) in [6.07, 6.45) is 1.88. The first-order valence-corrected chi connectivity index (χ1v) is 7.59. The smallest absolute Gasteiger partial charge is 0.133 e. The van der Waals surface area contributed by atoms with Gasteiger partial charge in [-0.15, -0.1) is 0 Å². The Hall–Kier alpha value is -0.780. The summed E-state index contributed by atoms with van der Waals surface area (Å²) in [5.41, 5.74) is 0.482. The maximum Gasteiger partial charge on any atom is 0.133 e. The number of rotatable bonds is 4. The number of β-amino-alcohol motifs (C(OH)–C–C–N with tert-alkyl or cyclic N) is 1. The van der Waals surface area contributed by atoms with Gasteiger partial charge in [0.25, 0.3) is 0 Å². The van der Waals surface area contributed by atoms with Gasteiger partial charge in [-0.1, -0.05) is 0 Å². The van der Waals surface area contributed by atoms with Crippen LogP contribution in [0.4, 0.5) is 0 Å². The van der Waals surface area contributed by atoms with Crippen LogP contribution >= 0.6 is 15.9 Å². The highest BCUT2D eigenvalue weighted by Gasteiger charge is 2.28. The molecular formula is C15H22BrNO3. The maximum absolute atomic E-state index is 10.2. The summed E-state index contributed by atoms with van der Waals surface area (Å²) in [4.78, 5) is 2.26. The molecule has 0 aliphatic carbocycles. The van der Waals surface area contributed by atoms with Gasteiger partial charge in [-0.05, 0) is 54.4 Å². The fourth-order valence-corrected chi connectivity index (χ4v) is 3.23. The molecule has 1 atom stereocenters. The Bertz CT molecular complexity index is 476. The lowest BCUT2D eigenvalue weighted by Gasteiger charge is -2.37. The molecule has 1 fully saturated rings. The lowest BCUT2D eigenvalue weighted by molar-refractivity contribution is -0.0183. The summed E-state index contributed by atoms with van der Waals surface area (Å²) in [6, 6.07) is 3.92. The first-order valence-electron chi connectivity index (χ1n) is 6.80. The van der Waals surface area contributed by atoms with E-state index in [0.29, 0.717) is 6.54 Å². The number of aliphatic hydroxyl groups is 1. The third-order valence-electron chi connectivity index (χ3n) is 3.70. The maximum atomic E-state index is 10.2. The molecule has 1 aliphatic rings. The van der Waals surface area contributed by atoms with Crippen LogP contribution in [-0.2, 0) is 6.54 Å². The van der Waals surface area contributed by atoms with E-state index in [9.17, 15) is 5.11 Å². The molecular weight excluding hydrogens is 322 g/mol. The molecule has 1 N–H and O–H groups in total. The summed E-state index contributed by atoms with van der Waals surface area (Å²) in [5.74, 6) is 1.63. The van der Waals surface area contributed by atoms with Gasteiger partial charge in [0.2, 0.25) is 0 Å². The number of benzene rings is 1. The highest BCUT2D eigenvalue weighted by Crippen LogP contribution is 2.34. The molecule has 112 valence electrons. The average Bonchev–Trinajstić information content (AvgIpc) is 2.39. The lowest BCUT2D eigenvalue weighted by atomic mass is 9.95. The molecule has 0 bridgehead atoms. The van der Waals surface area contributed by atoms with E-state index in [0.717, 1.165) is 47.5 Å². The molecule has 1 heterocycles. The van der Waals surface area contributed by atoms with E-state index in [-0.39, 0.29) is 0 Å². The van der Waals surface area contributed by atoms with E-state index >= 15 is 0 Å². The van der Waals surface area contributed by atoms with Crippen molar-refractivity contribution in [2.75, 3.05) is 27.3 Å². The minimum atomic E-state index is -0.592. The Balaban J connectivity index is 2.19. The van der Waals surface area contributed by atoms with Crippen molar-refractivity contribution in [3.63, 3.8) is 0 Å². The van der Waals surface area contributed by atoms with E-state index < -0.39 is 5.60 Å². The lowest BCUT2D eigenvalue weighted by Crippen LogP contribution is -2.45. The molecule has 1 aliphatic heterocycles. The molecule has 5 heteroatoms. The second-order valence-electron chi connectivity index (χ2n) is 5.61. The number of likely N-dealkylation sites (tertiary alicyclic amines) is 1. The number of ether oxygens (including phenoxy) is 2. The first-order chi connectivity index (χ1) is 9.45. The fourth-order valence-electron chi connectivity index (χ4n) is 2.75. The molecule has 1 unspecified atom stereocenters. The van der Waals surface area contributed by atoms with E-state index in [1.807, 2.05) is 19.1 Å². The molecule has 0 saturated carbocycles. The zero-order valence-electron chi connectivity index (χ0n) is 12.3. The third kappa shape index (κ3) is 3.65. The second-order valence-corrected chi connectivity index (χ2v) is 6.46. The standard InChI is InChI=1S/C15H22BrNO3/c1-15(18)5-4-6-17(10-15)9-11-7-14(20-3)12(16)8-13(11)19-2/h7-8,18H,4-6,9-10H2,1-3H3. The van der Waals surface area contributed by atoms with Gasteiger partial charge in [-0.3, -0.25) is 4.90 Å². The van der Waals surface area contributed by atoms with Gasteiger partial charge in [0.05, 0.1) is 24.3 Å². The molecule has 1 aromatic rings. The second kappa shape index (κ2) is 6.33. The Morgan fingerprint density at radius 1 is 1.30 bits per heavy atom. The van der Waals surface area contributed by atoms with E-state index in [1.54, 1.807) is 14.2 Å². The summed E-state index contributed by atoms with van der Waals surface area (Å²) in [7, 11) is 3.33. The summed E-state index contributed by atoms with van der Waals surface area (Å²) in [5, 5.41) is 10.2. The number of halogens is 1. The van der Waals surface area contributed by atoms with Crippen LogP contribution in [-0.4, -0.2) is 42.9 Å². The predicted molar refractivity (Wildman–Crippen MR) is 82.4 cm³/mol. The molecule has 0 spiro atoms. The van der Waals surface area contributed by atoms with Gasteiger partial charge in [0.15, 0.2) is 0 Å². The number of hydrogen-bond acceptors (Lipinski definition) is 4. The van der Waals surface area contributed by atoms with Gasteiger partial charge < -0.3 is 14.6 Å². The van der Waals surface area contributed by atoms with E-state index in [2.05, 4.69) is 20.8 Å². The van der Waals surface area contributed by atoms with Crippen LogP contribution in [0.25, 0.3) is 0 Å². The zero-order chi connectivity index (χ0) is 14.8. The predicted octanol–water partition coefficient (Wildman–Crippen LogP) is 2.81. The van der Waals surface area contributed by atoms with Crippen molar-refractivity contribution >= 4 is 15.9 Å². The zero-order valence-corrected chi connectivity index (χ0v) is 13.9. The van der Waals surface area contributed by atoms with Gasteiger partial charge in [-0.25, -0.2) is 0 Å². The van der Waals surface area contributed by atoms with Crippen LogP contribution in [0.3, 0.4) is 0 Å². The Labute approximate surface area is 128 Å². The molecule has 2 rings (SSSR count). The van der Waals surface area contributed by atoms with Crippen LogP contribution < -0.4 is 9.47 Å². The average molecular weight is 344 g/mol. The molecule has 0 aromatic heterocycles. The van der Waals surface area contributed by atoms with Crippen LogP contribution in [0.5, 0.6) is 11.5 Å². The fraction of sp³-hybridized carbons (Fsp3) is 0.600.